The van der Waals surface area contributed by atoms with Gasteiger partial charge in [-0.2, -0.15) is 0 Å². The lowest BCUT2D eigenvalue weighted by molar-refractivity contribution is -0.134. The average Bonchev–Trinajstić information content (AvgIpc) is 2.55. The molecule has 0 spiro atoms. The van der Waals surface area contributed by atoms with E-state index in [1.807, 2.05) is 6.92 Å². The van der Waals surface area contributed by atoms with E-state index in [1.54, 1.807) is 6.08 Å². The van der Waals surface area contributed by atoms with Crippen molar-refractivity contribution >= 4 is 11.5 Å². The van der Waals surface area contributed by atoms with E-state index in [0.717, 1.165) is 17.6 Å². The molecule has 2 aromatic carbocycles. The van der Waals surface area contributed by atoms with Gasteiger partial charge in [-0.15, -0.1) is 0 Å². The van der Waals surface area contributed by atoms with Crippen LogP contribution >= 0.6 is 0 Å². The Labute approximate surface area is 132 Å². The smallest absolute Gasteiger partial charge is 0.330 e. The third kappa shape index (κ3) is 3.64. The maximum atomic E-state index is 11.4. The van der Waals surface area contributed by atoms with E-state index in [0.29, 0.717) is 0 Å². The van der Waals surface area contributed by atoms with E-state index in [4.69, 9.17) is 4.74 Å². The highest BCUT2D eigenvalue weighted by Crippen LogP contribution is 2.25. The van der Waals surface area contributed by atoms with E-state index in [9.17, 15) is 4.79 Å². The van der Waals surface area contributed by atoms with Crippen LogP contribution in [0.5, 0.6) is 0 Å². The predicted molar refractivity (Wildman–Crippen MR) is 91.6 cm³/mol. The quantitative estimate of drug-likeness (QED) is 0.590. The molecule has 0 unspecified atom stereocenters. The summed E-state index contributed by atoms with van der Waals surface area (Å²) in [5.74, 6) is -0.310. The van der Waals surface area contributed by atoms with Gasteiger partial charge in [0.1, 0.15) is 0 Å². The van der Waals surface area contributed by atoms with E-state index < -0.39 is 0 Å². The Hall–Kier alpha value is -2.35. The topological polar surface area (TPSA) is 26.3 Å². The van der Waals surface area contributed by atoms with Crippen LogP contribution in [0.25, 0.3) is 16.7 Å². The van der Waals surface area contributed by atoms with Crippen molar-refractivity contribution in [3.63, 3.8) is 0 Å². The minimum Gasteiger partial charge on any atom is -0.466 e. The van der Waals surface area contributed by atoms with E-state index >= 15 is 0 Å². The van der Waals surface area contributed by atoms with Gasteiger partial charge in [-0.1, -0.05) is 49.4 Å². The fourth-order valence-corrected chi connectivity index (χ4v) is 2.39. The van der Waals surface area contributed by atoms with Gasteiger partial charge in [-0.25, -0.2) is 4.79 Å². The zero-order valence-corrected chi connectivity index (χ0v) is 13.6. The number of carbonyl (C=O) groups is 1. The standard InChI is InChI=1S/C20H22O2/c1-5-16(13-20(21)22-4)17-8-10-18(11-9-17)19-7-6-14(2)15(3)12-19/h6-13H,5H2,1-4H3/b16-13+. The van der Waals surface area contributed by atoms with E-state index in [1.165, 1.54) is 29.4 Å². The van der Waals surface area contributed by atoms with Crippen molar-refractivity contribution in [1.82, 2.24) is 0 Å². The van der Waals surface area contributed by atoms with E-state index in [2.05, 4.69) is 56.3 Å². The third-order valence-corrected chi connectivity index (χ3v) is 3.97. The van der Waals surface area contributed by atoms with Crippen LogP contribution in [0.2, 0.25) is 0 Å². The second-order valence-corrected chi connectivity index (χ2v) is 5.42. The minimum atomic E-state index is -0.310. The monoisotopic (exact) mass is 294 g/mol. The highest BCUT2D eigenvalue weighted by atomic mass is 16.5. The first-order chi connectivity index (χ1) is 10.5. The molecule has 22 heavy (non-hydrogen) atoms. The maximum Gasteiger partial charge on any atom is 0.330 e. The van der Waals surface area contributed by atoms with Gasteiger partial charge >= 0.3 is 5.97 Å². The van der Waals surface area contributed by atoms with Crippen molar-refractivity contribution in [3.8, 4) is 11.1 Å². The largest absolute Gasteiger partial charge is 0.466 e. The first-order valence-electron chi connectivity index (χ1n) is 7.51. The predicted octanol–water partition coefficient (Wildman–Crippen LogP) is 4.94. The molecule has 0 saturated carbocycles. The summed E-state index contributed by atoms with van der Waals surface area (Å²) in [6.07, 6.45) is 2.35. The molecule has 0 radical (unpaired) electrons. The van der Waals surface area contributed by atoms with Gasteiger partial charge in [0.25, 0.3) is 0 Å². The van der Waals surface area contributed by atoms with Gasteiger partial charge in [0.15, 0.2) is 0 Å². The molecular weight excluding hydrogens is 272 g/mol. The molecule has 2 aromatic rings. The molecule has 0 heterocycles. The lowest BCUT2D eigenvalue weighted by atomic mass is 9.97. The first kappa shape index (κ1) is 16.0. The molecule has 0 atom stereocenters. The van der Waals surface area contributed by atoms with Crippen molar-refractivity contribution < 1.29 is 9.53 Å². The fourth-order valence-electron chi connectivity index (χ4n) is 2.39. The van der Waals surface area contributed by atoms with Crippen molar-refractivity contribution in [2.24, 2.45) is 0 Å². The summed E-state index contributed by atoms with van der Waals surface area (Å²) in [5, 5.41) is 0. The highest BCUT2D eigenvalue weighted by Gasteiger charge is 2.05. The molecule has 0 aliphatic carbocycles. The molecule has 0 aromatic heterocycles. The number of carbonyl (C=O) groups excluding carboxylic acids is 1. The van der Waals surface area contributed by atoms with Crippen LogP contribution in [0.3, 0.4) is 0 Å². The van der Waals surface area contributed by atoms with Crippen LogP contribution < -0.4 is 0 Å². The zero-order valence-electron chi connectivity index (χ0n) is 13.6. The van der Waals surface area contributed by atoms with Crippen LogP contribution in [0.1, 0.15) is 30.0 Å². The molecule has 114 valence electrons. The Morgan fingerprint density at radius 2 is 1.64 bits per heavy atom. The third-order valence-electron chi connectivity index (χ3n) is 3.97. The van der Waals surface area contributed by atoms with Crippen LogP contribution in [0, 0.1) is 13.8 Å². The van der Waals surface area contributed by atoms with Gasteiger partial charge in [0.2, 0.25) is 0 Å². The minimum absolute atomic E-state index is 0.310. The van der Waals surface area contributed by atoms with Crippen molar-refractivity contribution in [2.45, 2.75) is 27.2 Å². The number of hydrogen-bond donors (Lipinski definition) is 0. The van der Waals surface area contributed by atoms with Crippen LogP contribution in [-0.4, -0.2) is 13.1 Å². The summed E-state index contributed by atoms with van der Waals surface area (Å²) in [6.45, 7) is 6.28. The Morgan fingerprint density at radius 1 is 1.00 bits per heavy atom. The Morgan fingerprint density at radius 3 is 2.18 bits per heavy atom. The molecule has 0 saturated heterocycles. The molecule has 0 amide bonds. The molecule has 2 rings (SSSR count). The molecular formula is C20H22O2. The number of allylic oxidation sites excluding steroid dienone is 1. The normalized spacial score (nSPS) is 11.4. The van der Waals surface area contributed by atoms with Crippen LogP contribution in [0.4, 0.5) is 0 Å². The van der Waals surface area contributed by atoms with Gasteiger partial charge in [0.05, 0.1) is 7.11 Å². The zero-order chi connectivity index (χ0) is 16.1. The molecule has 0 aliphatic rings. The number of hydrogen-bond acceptors (Lipinski definition) is 2. The van der Waals surface area contributed by atoms with Gasteiger partial charge in [-0.3, -0.25) is 0 Å². The SMILES string of the molecule is CC/C(=C\C(=O)OC)c1ccc(-c2ccc(C)c(C)c2)cc1. The summed E-state index contributed by atoms with van der Waals surface area (Å²) in [5.41, 5.74) is 7.03. The number of benzene rings is 2. The number of esters is 1. The Balaban J connectivity index is 2.31. The average molecular weight is 294 g/mol. The molecule has 0 fully saturated rings. The lowest BCUT2D eigenvalue weighted by Gasteiger charge is -2.08. The van der Waals surface area contributed by atoms with Crippen molar-refractivity contribution in [2.75, 3.05) is 7.11 Å². The van der Waals surface area contributed by atoms with Crippen LogP contribution in [0.15, 0.2) is 48.5 Å². The number of aryl methyl sites for hydroxylation is 2. The Kier molecular flexibility index (Phi) is 5.16. The van der Waals surface area contributed by atoms with Crippen molar-refractivity contribution in [3.05, 3.63) is 65.2 Å². The summed E-state index contributed by atoms with van der Waals surface area (Å²) in [7, 11) is 1.40. The molecule has 0 N–H and O–H groups in total. The molecule has 2 nitrogen and oxygen atoms in total. The number of methoxy groups -OCH3 is 1. The van der Waals surface area contributed by atoms with Gasteiger partial charge in [-0.05, 0) is 53.7 Å². The molecule has 2 heteroatoms. The summed E-state index contributed by atoms with van der Waals surface area (Å²) in [4.78, 5) is 11.4. The number of rotatable bonds is 4. The summed E-state index contributed by atoms with van der Waals surface area (Å²) < 4.78 is 4.71. The molecule has 0 bridgehead atoms. The fraction of sp³-hybridized carbons (Fsp3) is 0.250. The summed E-state index contributed by atoms with van der Waals surface area (Å²) >= 11 is 0. The number of ether oxygens (including phenoxy) is 1. The molecule has 0 aliphatic heterocycles. The Bertz CT molecular complexity index is 694. The van der Waals surface area contributed by atoms with Crippen LogP contribution in [-0.2, 0) is 9.53 Å². The second-order valence-electron chi connectivity index (χ2n) is 5.42. The summed E-state index contributed by atoms with van der Waals surface area (Å²) in [6, 6.07) is 14.8. The lowest BCUT2D eigenvalue weighted by Crippen LogP contribution is -1.96. The van der Waals surface area contributed by atoms with Crippen molar-refractivity contribution in [1.29, 1.82) is 0 Å². The van der Waals surface area contributed by atoms with Gasteiger partial charge < -0.3 is 4.74 Å². The first-order valence-corrected chi connectivity index (χ1v) is 7.51. The second kappa shape index (κ2) is 7.08. The highest BCUT2D eigenvalue weighted by molar-refractivity contribution is 5.91. The van der Waals surface area contributed by atoms with Gasteiger partial charge in [0, 0.05) is 6.08 Å². The van der Waals surface area contributed by atoms with E-state index in [-0.39, 0.29) is 5.97 Å². The maximum absolute atomic E-state index is 11.4.